The lowest BCUT2D eigenvalue weighted by Gasteiger charge is -2.11. The predicted molar refractivity (Wildman–Crippen MR) is 97.7 cm³/mol. The first-order valence-electron chi connectivity index (χ1n) is 7.97. The summed E-state index contributed by atoms with van der Waals surface area (Å²) < 4.78 is 29.3. The highest BCUT2D eigenvalue weighted by molar-refractivity contribution is 7.86. The Morgan fingerprint density at radius 3 is 2.54 bits per heavy atom. The maximum absolute atomic E-state index is 12.2. The average Bonchev–Trinajstić information content (AvgIpc) is 3.11. The molecule has 0 bridgehead atoms. The van der Waals surface area contributed by atoms with Gasteiger partial charge in [-0.05, 0) is 36.8 Å². The van der Waals surface area contributed by atoms with Crippen molar-refractivity contribution in [2.24, 2.45) is 5.16 Å². The molecule has 2 atom stereocenters. The van der Waals surface area contributed by atoms with Crippen LogP contribution in [0.1, 0.15) is 23.7 Å². The zero-order valence-corrected chi connectivity index (χ0v) is 15.6. The molecule has 0 aliphatic carbocycles. The summed E-state index contributed by atoms with van der Waals surface area (Å²) in [4.78, 5) is 5.36. The lowest BCUT2D eigenvalue weighted by atomic mass is 10.0. The molecule has 0 spiro atoms. The Balaban J connectivity index is 1.58. The quantitative estimate of drug-likeness (QED) is 0.759. The van der Waals surface area contributed by atoms with Gasteiger partial charge in [-0.15, -0.1) is 0 Å². The Hall–Kier alpha value is -1.93. The molecule has 1 aliphatic rings. The molecule has 0 unspecified atom stereocenters. The molecule has 0 amide bonds. The number of hydrogen-bond donors (Lipinski definition) is 1. The van der Waals surface area contributed by atoms with Gasteiger partial charge in [-0.25, -0.2) is 0 Å². The van der Waals surface area contributed by atoms with Crippen LogP contribution < -0.4 is 0 Å². The first-order valence-corrected chi connectivity index (χ1v) is 9.76. The Morgan fingerprint density at radius 2 is 1.88 bits per heavy atom. The molecule has 0 aromatic heterocycles. The van der Waals surface area contributed by atoms with Crippen molar-refractivity contribution in [3.63, 3.8) is 0 Å². The van der Waals surface area contributed by atoms with E-state index in [-0.39, 0.29) is 11.0 Å². The van der Waals surface area contributed by atoms with Gasteiger partial charge in [0.25, 0.3) is 10.1 Å². The topological polar surface area (TPSA) is 85.2 Å². The van der Waals surface area contributed by atoms with E-state index in [2.05, 4.69) is 5.16 Å². The fraction of sp³-hybridized carbons (Fsp3) is 0.278. The van der Waals surface area contributed by atoms with Crippen LogP contribution >= 0.6 is 11.6 Å². The normalized spacial score (nSPS) is 18.3. The van der Waals surface area contributed by atoms with Crippen LogP contribution in [0.25, 0.3) is 0 Å². The molecule has 8 heteroatoms. The van der Waals surface area contributed by atoms with Crippen molar-refractivity contribution in [3.8, 4) is 0 Å². The van der Waals surface area contributed by atoms with Crippen molar-refractivity contribution in [2.75, 3.05) is 6.61 Å². The van der Waals surface area contributed by atoms with Gasteiger partial charge in [-0.2, -0.15) is 8.42 Å². The van der Waals surface area contributed by atoms with Crippen LogP contribution in [0.3, 0.4) is 0 Å². The maximum atomic E-state index is 12.2. The van der Waals surface area contributed by atoms with Crippen LogP contribution in [0, 0.1) is 6.92 Å². The fourth-order valence-corrected chi connectivity index (χ4v) is 3.51. The van der Waals surface area contributed by atoms with Gasteiger partial charge in [0, 0.05) is 11.4 Å². The first kappa shape index (κ1) is 18.8. The van der Waals surface area contributed by atoms with E-state index in [9.17, 15) is 13.5 Å². The summed E-state index contributed by atoms with van der Waals surface area (Å²) in [5.74, 6) is 0. The molecule has 3 rings (SSSR count). The number of oxime groups is 1. The molecule has 1 N–H and O–H groups in total. The molecule has 2 aromatic carbocycles. The van der Waals surface area contributed by atoms with Crippen LogP contribution in [-0.2, 0) is 19.1 Å². The van der Waals surface area contributed by atoms with E-state index in [4.69, 9.17) is 20.6 Å². The van der Waals surface area contributed by atoms with Crippen molar-refractivity contribution in [1.29, 1.82) is 0 Å². The minimum Gasteiger partial charge on any atom is -0.387 e. The van der Waals surface area contributed by atoms with Crippen molar-refractivity contribution >= 4 is 27.4 Å². The second kappa shape index (κ2) is 7.75. The molecule has 26 heavy (non-hydrogen) atoms. The van der Waals surface area contributed by atoms with E-state index < -0.39 is 22.8 Å². The SMILES string of the molecule is Cc1ccc(S(=O)(=O)OC[C@H](O)C2=NO[C@@H](c3ccc(Cl)cc3)C2)cc1. The molecule has 1 heterocycles. The van der Waals surface area contributed by atoms with Gasteiger partial charge in [0.2, 0.25) is 0 Å². The number of aliphatic hydroxyl groups excluding tert-OH is 1. The summed E-state index contributed by atoms with van der Waals surface area (Å²) in [7, 11) is -3.94. The second-order valence-electron chi connectivity index (χ2n) is 6.00. The van der Waals surface area contributed by atoms with E-state index in [0.29, 0.717) is 17.2 Å². The van der Waals surface area contributed by atoms with Crippen LogP contribution in [0.2, 0.25) is 5.02 Å². The van der Waals surface area contributed by atoms with E-state index >= 15 is 0 Å². The molecule has 138 valence electrons. The van der Waals surface area contributed by atoms with Crippen molar-refractivity contribution in [1.82, 2.24) is 0 Å². The predicted octanol–water partition coefficient (Wildman–Crippen LogP) is 3.23. The summed E-state index contributed by atoms with van der Waals surface area (Å²) in [6.07, 6.45) is -1.17. The highest BCUT2D eigenvalue weighted by Crippen LogP contribution is 2.29. The fourth-order valence-electron chi connectivity index (χ4n) is 2.47. The molecule has 0 fully saturated rings. The third kappa shape index (κ3) is 4.42. The smallest absolute Gasteiger partial charge is 0.297 e. The number of halogens is 1. The third-order valence-corrected chi connectivity index (χ3v) is 5.56. The van der Waals surface area contributed by atoms with Crippen LogP contribution in [-0.4, -0.2) is 31.9 Å². The maximum Gasteiger partial charge on any atom is 0.297 e. The molecule has 6 nitrogen and oxygen atoms in total. The largest absolute Gasteiger partial charge is 0.387 e. The number of hydrogen-bond acceptors (Lipinski definition) is 6. The molecule has 1 aliphatic heterocycles. The van der Waals surface area contributed by atoms with E-state index in [0.717, 1.165) is 11.1 Å². The van der Waals surface area contributed by atoms with Crippen LogP contribution in [0.15, 0.2) is 58.6 Å². The van der Waals surface area contributed by atoms with E-state index in [1.54, 1.807) is 24.3 Å². The summed E-state index contributed by atoms with van der Waals surface area (Å²) in [6.45, 7) is 1.43. The lowest BCUT2D eigenvalue weighted by Crippen LogP contribution is -2.27. The summed E-state index contributed by atoms with van der Waals surface area (Å²) >= 11 is 5.86. The molecular formula is C18H18ClNO5S. The summed E-state index contributed by atoms with van der Waals surface area (Å²) in [6, 6.07) is 13.4. The molecule has 0 saturated heterocycles. The number of benzene rings is 2. The number of rotatable bonds is 6. The van der Waals surface area contributed by atoms with Gasteiger partial charge in [0.1, 0.15) is 6.10 Å². The Labute approximate surface area is 157 Å². The van der Waals surface area contributed by atoms with Gasteiger partial charge in [-0.3, -0.25) is 4.18 Å². The van der Waals surface area contributed by atoms with Gasteiger partial charge >= 0.3 is 0 Å². The minimum atomic E-state index is -3.94. The molecule has 2 aromatic rings. The summed E-state index contributed by atoms with van der Waals surface area (Å²) in [5.41, 5.74) is 2.15. The van der Waals surface area contributed by atoms with Crippen LogP contribution in [0.5, 0.6) is 0 Å². The zero-order chi connectivity index (χ0) is 18.7. The van der Waals surface area contributed by atoms with Crippen molar-refractivity contribution < 1.29 is 22.5 Å². The Morgan fingerprint density at radius 1 is 1.23 bits per heavy atom. The van der Waals surface area contributed by atoms with Crippen molar-refractivity contribution in [2.45, 2.75) is 30.4 Å². The highest BCUT2D eigenvalue weighted by Gasteiger charge is 2.29. The monoisotopic (exact) mass is 395 g/mol. The highest BCUT2D eigenvalue weighted by atomic mass is 35.5. The second-order valence-corrected chi connectivity index (χ2v) is 8.05. The summed E-state index contributed by atoms with van der Waals surface area (Å²) in [5, 5.41) is 14.7. The van der Waals surface area contributed by atoms with Gasteiger partial charge < -0.3 is 9.94 Å². The third-order valence-electron chi connectivity index (χ3n) is 4.01. The standard InChI is InChI=1S/C18H18ClNO5S/c1-12-2-8-15(9-3-12)26(22,23)24-11-17(21)16-10-18(25-20-16)13-4-6-14(19)7-5-13/h2-9,17-18,21H,10-11H2,1H3/t17-,18+/m0/s1. The zero-order valence-electron chi connectivity index (χ0n) is 14.0. The number of aryl methyl sites for hydroxylation is 1. The number of aliphatic hydroxyl groups is 1. The molecule has 0 radical (unpaired) electrons. The average molecular weight is 396 g/mol. The molecular weight excluding hydrogens is 378 g/mol. The Kier molecular flexibility index (Phi) is 5.62. The van der Waals surface area contributed by atoms with Gasteiger partial charge in [0.05, 0.1) is 17.2 Å². The van der Waals surface area contributed by atoms with Gasteiger partial charge in [-0.1, -0.05) is 46.6 Å². The van der Waals surface area contributed by atoms with Crippen molar-refractivity contribution in [3.05, 3.63) is 64.7 Å². The first-order chi connectivity index (χ1) is 12.3. The Bertz CT molecular complexity index is 894. The number of nitrogens with zero attached hydrogens (tertiary/aromatic N) is 1. The van der Waals surface area contributed by atoms with Crippen LogP contribution in [0.4, 0.5) is 0 Å². The minimum absolute atomic E-state index is 0.0407. The van der Waals surface area contributed by atoms with E-state index in [1.165, 1.54) is 12.1 Å². The molecule has 0 saturated carbocycles. The van der Waals surface area contributed by atoms with E-state index in [1.807, 2.05) is 19.1 Å². The lowest BCUT2D eigenvalue weighted by molar-refractivity contribution is 0.0854. The van der Waals surface area contributed by atoms with Gasteiger partial charge in [0.15, 0.2) is 6.10 Å².